The molecular weight excluding hydrogens is 284 g/mol. The fraction of sp³-hybridized carbons (Fsp3) is 0.350. The summed E-state index contributed by atoms with van der Waals surface area (Å²) >= 11 is 0. The molecule has 0 saturated carbocycles. The Balaban J connectivity index is 1.47. The second kappa shape index (κ2) is 7.32. The summed E-state index contributed by atoms with van der Waals surface area (Å²) in [5.41, 5.74) is 4.99. The maximum atomic E-state index is 12.1. The Morgan fingerprint density at radius 2 is 1.87 bits per heavy atom. The lowest BCUT2D eigenvalue weighted by molar-refractivity contribution is 0.248. The highest BCUT2D eigenvalue weighted by Crippen LogP contribution is 2.24. The number of hydrogen-bond acceptors (Lipinski definition) is 1. The van der Waals surface area contributed by atoms with E-state index >= 15 is 0 Å². The summed E-state index contributed by atoms with van der Waals surface area (Å²) in [7, 11) is 0. The minimum absolute atomic E-state index is 0.122. The van der Waals surface area contributed by atoms with Crippen molar-refractivity contribution >= 4 is 11.7 Å². The third-order valence-corrected chi connectivity index (χ3v) is 4.44. The van der Waals surface area contributed by atoms with E-state index in [-0.39, 0.29) is 12.1 Å². The molecule has 1 atom stereocenters. The number of hydrogen-bond donors (Lipinski definition) is 2. The molecule has 1 aliphatic rings. The highest BCUT2D eigenvalue weighted by molar-refractivity contribution is 5.89. The number of urea groups is 1. The van der Waals surface area contributed by atoms with E-state index in [0.717, 1.165) is 24.9 Å². The van der Waals surface area contributed by atoms with Gasteiger partial charge in [-0.15, -0.1) is 0 Å². The first-order valence-electron chi connectivity index (χ1n) is 8.44. The molecule has 0 aliphatic heterocycles. The molecule has 0 heterocycles. The van der Waals surface area contributed by atoms with E-state index in [9.17, 15) is 4.79 Å². The van der Waals surface area contributed by atoms with Gasteiger partial charge in [0.25, 0.3) is 0 Å². The highest BCUT2D eigenvalue weighted by atomic mass is 16.2. The van der Waals surface area contributed by atoms with Crippen molar-refractivity contribution in [1.82, 2.24) is 5.32 Å². The maximum Gasteiger partial charge on any atom is 0.319 e. The van der Waals surface area contributed by atoms with Crippen LogP contribution < -0.4 is 10.6 Å². The second-order valence-electron chi connectivity index (χ2n) is 6.36. The monoisotopic (exact) mass is 308 g/mol. The Morgan fingerprint density at radius 3 is 2.70 bits per heavy atom. The normalized spacial score (nSPS) is 14.1. The Morgan fingerprint density at radius 1 is 1.09 bits per heavy atom. The molecule has 0 bridgehead atoms. The quantitative estimate of drug-likeness (QED) is 0.848. The largest absolute Gasteiger partial charge is 0.335 e. The molecule has 1 unspecified atom stereocenters. The van der Waals surface area contributed by atoms with Gasteiger partial charge >= 0.3 is 6.03 Å². The van der Waals surface area contributed by atoms with Crippen molar-refractivity contribution in [3.05, 3.63) is 65.2 Å². The zero-order valence-corrected chi connectivity index (χ0v) is 13.6. The molecule has 3 nitrogen and oxygen atoms in total. The summed E-state index contributed by atoms with van der Waals surface area (Å²) in [4.78, 5) is 12.1. The third kappa shape index (κ3) is 4.35. The summed E-state index contributed by atoms with van der Waals surface area (Å²) in [6, 6.07) is 16.6. The van der Waals surface area contributed by atoms with Crippen LogP contribution in [-0.2, 0) is 19.3 Å². The number of rotatable bonds is 5. The first-order valence-corrected chi connectivity index (χ1v) is 8.44. The zero-order chi connectivity index (χ0) is 16.1. The molecule has 2 N–H and O–H groups in total. The third-order valence-electron chi connectivity index (χ3n) is 4.44. The van der Waals surface area contributed by atoms with Gasteiger partial charge in [-0.05, 0) is 67.9 Å². The maximum absolute atomic E-state index is 12.1. The second-order valence-corrected chi connectivity index (χ2v) is 6.36. The van der Waals surface area contributed by atoms with Crippen molar-refractivity contribution < 1.29 is 4.79 Å². The summed E-state index contributed by atoms with van der Waals surface area (Å²) in [6.45, 7) is 2.05. The van der Waals surface area contributed by atoms with Gasteiger partial charge in [0.2, 0.25) is 0 Å². The number of amides is 2. The summed E-state index contributed by atoms with van der Waals surface area (Å²) in [5, 5.41) is 5.97. The lowest BCUT2D eigenvalue weighted by atomic mass is 10.1. The molecule has 0 fully saturated rings. The van der Waals surface area contributed by atoms with Gasteiger partial charge in [0.15, 0.2) is 0 Å². The van der Waals surface area contributed by atoms with Crippen LogP contribution in [0.1, 0.15) is 36.5 Å². The SMILES string of the molecule is CC(CCc1ccccc1)NC(=O)Nc1ccc2c(c1)CCC2. The van der Waals surface area contributed by atoms with Gasteiger partial charge in [-0.25, -0.2) is 4.79 Å². The Hall–Kier alpha value is -2.29. The van der Waals surface area contributed by atoms with E-state index in [4.69, 9.17) is 0 Å². The van der Waals surface area contributed by atoms with Crippen LogP contribution in [0, 0.1) is 0 Å². The molecule has 3 heteroatoms. The van der Waals surface area contributed by atoms with Crippen molar-refractivity contribution in [3.63, 3.8) is 0 Å². The topological polar surface area (TPSA) is 41.1 Å². The van der Waals surface area contributed by atoms with Crippen LogP contribution in [0.3, 0.4) is 0 Å². The average Bonchev–Trinajstić information content (AvgIpc) is 3.01. The van der Waals surface area contributed by atoms with E-state index in [1.165, 1.54) is 29.5 Å². The first-order chi connectivity index (χ1) is 11.2. The minimum atomic E-state index is -0.122. The van der Waals surface area contributed by atoms with Gasteiger partial charge in [0, 0.05) is 11.7 Å². The van der Waals surface area contributed by atoms with Crippen LogP contribution in [0.15, 0.2) is 48.5 Å². The Labute approximate surface area is 138 Å². The molecule has 2 aromatic carbocycles. The van der Waals surface area contributed by atoms with Crippen molar-refractivity contribution in [2.24, 2.45) is 0 Å². The van der Waals surface area contributed by atoms with Crippen molar-refractivity contribution in [2.75, 3.05) is 5.32 Å². The molecule has 3 rings (SSSR count). The lowest BCUT2D eigenvalue weighted by Gasteiger charge is -2.15. The van der Waals surface area contributed by atoms with Crippen LogP contribution in [0.25, 0.3) is 0 Å². The molecule has 1 aliphatic carbocycles. The van der Waals surface area contributed by atoms with Gasteiger partial charge in [0.05, 0.1) is 0 Å². The fourth-order valence-corrected chi connectivity index (χ4v) is 3.14. The van der Waals surface area contributed by atoms with E-state index in [1.807, 2.05) is 31.2 Å². The molecule has 0 radical (unpaired) electrons. The number of aryl methyl sites for hydroxylation is 3. The number of nitrogens with one attached hydrogen (secondary N) is 2. The van der Waals surface area contributed by atoms with Crippen molar-refractivity contribution in [2.45, 2.75) is 45.1 Å². The predicted octanol–water partition coefficient (Wildman–Crippen LogP) is 4.32. The van der Waals surface area contributed by atoms with Crippen molar-refractivity contribution in [1.29, 1.82) is 0 Å². The molecule has 23 heavy (non-hydrogen) atoms. The minimum Gasteiger partial charge on any atom is -0.335 e. The van der Waals surface area contributed by atoms with Gasteiger partial charge < -0.3 is 10.6 Å². The Kier molecular flexibility index (Phi) is 4.96. The van der Waals surface area contributed by atoms with Crippen LogP contribution >= 0.6 is 0 Å². The van der Waals surface area contributed by atoms with Gasteiger partial charge in [0.1, 0.15) is 0 Å². The van der Waals surface area contributed by atoms with E-state index in [1.54, 1.807) is 0 Å². The molecule has 2 aromatic rings. The molecular formula is C20H24N2O. The smallest absolute Gasteiger partial charge is 0.319 e. The van der Waals surface area contributed by atoms with E-state index in [0.29, 0.717) is 0 Å². The molecule has 0 aromatic heterocycles. The number of carbonyl (C=O) groups excluding carboxylic acids is 1. The molecule has 0 saturated heterocycles. The van der Waals surface area contributed by atoms with Crippen LogP contribution in [0.4, 0.5) is 10.5 Å². The Bertz CT molecular complexity index is 667. The number of fused-ring (bicyclic) bond motifs is 1. The van der Waals surface area contributed by atoms with Crippen LogP contribution in [-0.4, -0.2) is 12.1 Å². The van der Waals surface area contributed by atoms with Crippen molar-refractivity contribution in [3.8, 4) is 0 Å². The molecule has 0 spiro atoms. The molecule has 120 valence electrons. The fourth-order valence-electron chi connectivity index (χ4n) is 3.14. The zero-order valence-electron chi connectivity index (χ0n) is 13.6. The van der Waals surface area contributed by atoms with Gasteiger partial charge in [-0.1, -0.05) is 36.4 Å². The summed E-state index contributed by atoms with van der Waals surface area (Å²) in [6.07, 6.45) is 5.42. The average molecular weight is 308 g/mol. The highest BCUT2D eigenvalue weighted by Gasteiger charge is 2.12. The van der Waals surface area contributed by atoms with E-state index < -0.39 is 0 Å². The van der Waals surface area contributed by atoms with Gasteiger partial charge in [-0.2, -0.15) is 0 Å². The lowest BCUT2D eigenvalue weighted by Crippen LogP contribution is -2.36. The number of anilines is 1. The number of benzene rings is 2. The van der Waals surface area contributed by atoms with Gasteiger partial charge in [-0.3, -0.25) is 0 Å². The predicted molar refractivity (Wildman–Crippen MR) is 94.8 cm³/mol. The summed E-state index contributed by atoms with van der Waals surface area (Å²) in [5.74, 6) is 0. The first kappa shape index (κ1) is 15.6. The number of carbonyl (C=O) groups is 1. The molecule has 2 amide bonds. The summed E-state index contributed by atoms with van der Waals surface area (Å²) < 4.78 is 0. The van der Waals surface area contributed by atoms with E-state index in [2.05, 4.69) is 34.9 Å². The standard InChI is InChI=1S/C20H24N2O/c1-15(10-11-16-6-3-2-4-7-16)21-20(23)22-19-13-12-17-8-5-9-18(17)14-19/h2-4,6-7,12-15H,5,8-11H2,1H3,(H2,21,22,23). The van der Waals surface area contributed by atoms with Crippen LogP contribution in [0.5, 0.6) is 0 Å². The van der Waals surface area contributed by atoms with Crippen LogP contribution in [0.2, 0.25) is 0 Å².